The summed E-state index contributed by atoms with van der Waals surface area (Å²) < 4.78 is 1.00. The smallest absolute Gasteiger partial charge is 0.254 e. The van der Waals surface area contributed by atoms with Crippen LogP contribution in [0.2, 0.25) is 0 Å². The Morgan fingerprint density at radius 1 is 1.50 bits per heavy atom. The highest BCUT2D eigenvalue weighted by Crippen LogP contribution is 2.11. The lowest BCUT2D eigenvalue weighted by atomic mass is 10.2. The zero-order valence-electron chi connectivity index (χ0n) is 8.40. The minimum atomic E-state index is -0.131. The van der Waals surface area contributed by atoms with Gasteiger partial charge < -0.3 is 5.32 Å². The Balaban J connectivity index is 1.95. The molecular weight excluding hydrogens is 270 g/mol. The predicted molar refractivity (Wildman–Crippen MR) is 63.9 cm³/mol. The van der Waals surface area contributed by atoms with Crippen molar-refractivity contribution in [2.45, 2.75) is 6.54 Å². The van der Waals surface area contributed by atoms with E-state index in [9.17, 15) is 4.79 Å². The number of rotatable bonds is 3. The Morgan fingerprint density at radius 2 is 2.38 bits per heavy atom. The Kier molecular flexibility index (Phi) is 3.36. The van der Waals surface area contributed by atoms with Crippen LogP contribution in [-0.2, 0) is 6.54 Å². The van der Waals surface area contributed by atoms with Gasteiger partial charge in [0.25, 0.3) is 5.91 Å². The standard InChI is InChI=1S/C11H10BrN3O/c12-10-3-1-2-8(4-10)5-13-11(16)9-6-14-15-7-9/h1-4,6-7H,5H2,(H,13,16)(H,14,15). The maximum Gasteiger partial charge on any atom is 0.254 e. The molecule has 1 aromatic carbocycles. The van der Waals surface area contributed by atoms with Crippen LogP contribution in [0.4, 0.5) is 0 Å². The number of benzene rings is 1. The number of H-pyrrole nitrogens is 1. The van der Waals surface area contributed by atoms with Gasteiger partial charge in [0.1, 0.15) is 0 Å². The van der Waals surface area contributed by atoms with Crippen LogP contribution >= 0.6 is 15.9 Å². The third kappa shape index (κ3) is 2.70. The van der Waals surface area contributed by atoms with Crippen molar-refractivity contribution in [2.24, 2.45) is 0 Å². The van der Waals surface area contributed by atoms with Gasteiger partial charge >= 0.3 is 0 Å². The van der Waals surface area contributed by atoms with Crippen molar-refractivity contribution < 1.29 is 4.79 Å². The molecule has 1 heterocycles. The molecule has 0 fully saturated rings. The molecular formula is C11H10BrN3O. The highest BCUT2D eigenvalue weighted by Gasteiger charge is 2.05. The highest BCUT2D eigenvalue weighted by molar-refractivity contribution is 9.10. The van der Waals surface area contributed by atoms with Crippen molar-refractivity contribution in [1.82, 2.24) is 15.5 Å². The van der Waals surface area contributed by atoms with E-state index in [-0.39, 0.29) is 5.91 Å². The zero-order valence-corrected chi connectivity index (χ0v) is 9.99. The van der Waals surface area contributed by atoms with E-state index in [1.54, 1.807) is 6.20 Å². The molecule has 0 saturated carbocycles. The molecule has 2 N–H and O–H groups in total. The summed E-state index contributed by atoms with van der Waals surface area (Å²) in [5.41, 5.74) is 1.58. The molecule has 0 unspecified atom stereocenters. The van der Waals surface area contributed by atoms with E-state index in [0.717, 1.165) is 10.0 Å². The lowest BCUT2D eigenvalue weighted by molar-refractivity contribution is 0.0951. The summed E-state index contributed by atoms with van der Waals surface area (Å²) in [4.78, 5) is 11.6. The summed E-state index contributed by atoms with van der Waals surface area (Å²) in [6, 6.07) is 7.81. The number of carbonyl (C=O) groups is 1. The SMILES string of the molecule is O=C(NCc1cccc(Br)c1)c1cn[nH]c1. The molecule has 1 aromatic heterocycles. The summed E-state index contributed by atoms with van der Waals surface area (Å²) in [5, 5.41) is 9.13. The van der Waals surface area contributed by atoms with Crippen LogP contribution in [0.25, 0.3) is 0 Å². The molecule has 16 heavy (non-hydrogen) atoms. The maximum absolute atomic E-state index is 11.6. The first-order chi connectivity index (χ1) is 7.75. The molecule has 2 rings (SSSR count). The summed E-state index contributed by atoms with van der Waals surface area (Å²) in [6.45, 7) is 0.503. The Hall–Kier alpha value is -1.62. The monoisotopic (exact) mass is 279 g/mol. The Bertz CT molecular complexity index is 482. The van der Waals surface area contributed by atoms with Crippen LogP contribution in [0.1, 0.15) is 15.9 Å². The van der Waals surface area contributed by atoms with Crippen LogP contribution in [0.5, 0.6) is 0 Å². The fourth-order valence-electron chi connectivity index (χ4n) is 1.31. The van der Waals surface area contributed by atoms with Gasteiger partial charge in [0.2, 0.25) is 0 Å². The average molecular weight is 280 g/mol. The number of carbonyl (C=O) groups excluding carboxylic acids is 1. The zero-order chi connectivity index (χ0) is 11.4. The van der Waals surface area contributed by atoms with E-state index in [4.69, 9.17) is 0 Å². The molecule has 0 aliphatic carbocycles. The third-order valence-corrected chi connectivity index (χ3v) is 2.60. The number of aromatic nitrogens is 2. The molecule has 0 aliphatic rings. The minimum absolute atomic E-state index is 0.131. The van der Waals surface area contributed by atoms with Crippen molar-refractivity contribution in [3.05, 3.63) is 52.3 Å². The first-order valence-corrected chi connectivity index (χ1v) is 5.56. The fourth-order valence-corrected chi connectivity index (χ4v) is 1.75. The second kappa shape index (κ2) is 4.94. The first-order valence-electron chi connectivity index (χ1n) is 4.77. The number of aromatic amines is 1. The fraction of sp³-hybridized carbons (Fsp3) is 0.0909. The molecule has 0 saturated heterocycles. The van der Waals surface area contributed by atoms with E-state index in [2.05, 4.69) is 31.4 Å². The van der Waals surface area contributed by atoms with E-state index in [1.165, 1.54) is 6.20 Å². The van der Waals surface area contributed by atoms with Crippen molar-refractivity contribution in [2.75, 3.05) is 0 Å². The number of hydrogen-bond acceptors (Lipinski definition) is 2. The van der Waals surface area contributed by atoms with Gasteiger partial charge in [-0.15, -0.1) is 0 Å². The van der Waals surface area contributed by atoms with Gasteiger partial charge in [-0.25, -0.2) is 0 Å². The lowest BCUT2D eigenvalue weighted by Crippen LogP contribution is -2.22. The number of amides is 1. The van der Waals surface area contributed by atoms with Gasteiger partial charge in [-0.1, -0.05) is 28.1 Å². The largest absolute Gasteiger partial charge is 0.348 e. The number of hydrogen-bond donors (Lipinski definition) is 2. The van der Waals surface area contributed by atoms with Gasteiger partial charge in [-0.3, -0.25) is 9.89 Å². The van der Waals surface area contributed by atoms with Crippen molar-refractivity contribution >= 4 is 21.8 Å². The average Bonchev–Trinajstić information content (AvgIpc) is 2.79. The van der Waals surface area contributed by atoms with Gasteiger partial charge in [-0.2, -0.15) is 5.10 Å². The molecule has 82 valence electrons. The molecule has 0 bridgehead atoms. The van der Waals surface area contributed by atoms with E-state index in [0.29, 0.717) is 12.1 Å². The number of halogens is 1. The lowest BCUT2D eigenvalue weighted by Gasteiger charge is -2.03. The summed E-state index contributed by atoms with van der Waals surface area (Å²) >= 11 is 3.38. The molecule has 5 heteroatoms. The topological polar surface area (TPSA) is 57.8 Å². The predicted octanol–water partition coefficient (Wildman–Crippen LogP) is 2.10. The minimum Gasteiger partial charge on any atom is -0.348 e. The molecule has 0 radical (unpaired) electrons. The van der Waals surface area contributed by atoms with Gasteiger partial charge in [0.15, 0.2) is 0 Å². The highest BCUT2D eigenvalue weighted by atomic mass is 79.9. The Labute approximate surface area is 101 Å². The van der Waals surface area contributed by atoms with Crippen molar-refractivity contribution in [3.63, 3.8) is 0 Å². The van der Waals surface area contributed by atoms with Crippen molar-refractivity contribution in [3.8, 4) is 0 Å². The normalized spacial score (nSPS) is 10.1. The van der Waals surface area contributed by atoms with Crippen LogP contribution < -0.4 is 5.32 Å². The van der Waals surface area contributed by atoms with Crippen molar-refractivity contribution in [1.29, 1.82) is 0 Å². The maximum atomic E-state index is 11.6. The number of nitrogens with one attached hydrogen (secondary N) is 2. The van der Waals surface area contributed by atoms with Crippen LogP contribution in [0, 0.1) is 0 Å². The van der Waals surface area contributed by atoms with Crippen LogP contribution in [0.15, 0.2) is 41.1 Å². The second-order valence-corrected chi connectivity index (χ2v) is 4.22. The first kappa shape index (κ1) is 10.9. The third-order valence-electron chi connectivity index (χ3n) is 2.10. The molecule has 0 aliphatic heterocycles. The van der Waals surface area contributed by atoms with E-state index in [1.807, 2.05) is 24.3 Å². The Morgan fingerprint density at radius 3 is 3.06 bits per heavy atom. The van der Waals surface area contributed by atoms with E-state index >= 15 is 0 Å². The molecule has 4 nitrogen and oxygen atoms in total. The summed E-state index contributed by atoms with van der Waals surface area (Å²) in [6.07, 6.45) is 3.06. The van der Waals surface area contributed by atoms with Crippen LogP contribution in [-0.4, -0.2) is 16.1 Å². The molecule has 1 amide bonds. The van der Waals surface area contributed by atoms with Gasteiger partial charge in [0.05, 0.1) is 11.8 Å². The second-order valence-electron chi connectivity index (χ2n) is 3.30. The summed E-state index contributed by atoms with van der Waals surface area (Å²) in [7, 11) is 0. The van der Waals surface area contributed by atoms with E-state index < -0.39 is 0 Å². The molecule has 2 aromatic rings. The quantitative estimate of drug-likeness (QED) is 0.904. The van der Waals surface area contributed by atoms with Gasteiger partial charge in [0, 0.05) is 17.2 Å². The van der Waals surface area contributed by atoms with Gasteiger partial charge in [-0.05, 0) is 17.7 Å². The molecule has 0 spiro atoms. The number of nitrogens with zero attached hydrogens (tertiary/aromatic N) is 1. The molecule has 0 atom stereocenters. The summed E-state index contributed by atoms with van der Waals surface area (Å²) in [5.74, 6) is -0.131. The van der Waals surface area contributed by atoms with Crippen LogP contribution in [0.3, 0.4) is 0 Å².